The Hall–Kier alpha value is 0. The molecule has 0 aromatic heterocycles. The van der Waals surface area contributed by atoms with Crippen molar-refractivity contribution >= 4 is 0 Å². The second kappa shape index (κ2) is 3.05. The topological polar surface area (TPSA) is 0 Å². The van der Waals surface area contributed by atoms with Crippen molar-refractivity contribution in [2.24, 2.45) is 17.3 Å². The molecule has 0 saturated heterocycles. The summed E-state index contributed by atoms with van der Waals surface area (Å²) in [6.07, 6.45) is 10.6. The van der Waals surface area contributed by atoms with E-state index in [4.69, 9.17) is 0 Å². The Morgan fingerprint density at radius 2 is 2.25 bits per heavy atom. The van der Waals surface area contributed by atoms with Gasteiger partial charge in [-0.15, -0.1) is 0 Å². The molecule has 0 bridgehead atoms. The molecule has 0 aliphatic heterocycles. The third-order valence-electron chi connectivity index (χ3n) is 4.36. The van der Waals surface area contributed by atoms with E-state index in [2.05, 4.69) is 13.8 Å². The molecule has 0 N–H and O–H groups in total. The van der Waals surface area contributed by atoms with Crippen molar-refractivity contribution in [1.29, 1.82) is 0 Å². The fourth-order valence-corrected chi connectivity index (χ4v) is 3.75. The first-order valence-electron chi connectivity index (χ1n) is 5.74. The van der Waals surface area contributed by atoms with Crippen molar-refractivity contribution in [2.75, 3.05) is 0 Å². The molecule has 2 aliphatic rings. The molecule has 0 nitrogen and oxygen atoms in total. The van der Waals surface area contributed by atoms with E-state index in [-0.39, 0.29) is 0 Å². The summed E-state index contributed by atoms with van der Waals surface area (Å²) >= 11 is 0. The van der Waals surface area contributed by atoms with Crippen LogP contribution in [0.2, 0.25) is 0 Å². The molecule has 3 atom stereocenters. The van der Waals surface area contributed by atoms with Gasteiger partial charge in [-0.2, -0.15) is 0 Å². The maximum atomic E-state index is 2.54. The van der Waals surface area contributed by atoms with Gasteiger partial charge in [-0.3, -0.25) is 0 Å². The molecule has 2 saturated carbocycles. The fourth-order valence-electron chi connectivity index (χ4n) is 3.75. The van der Waals surface area contributed by atoms with Crippen molar-refractivity contribution in [3.8, 4) is 0 Å². The van der Waals surface area contributed by atoms with Crippen LogP contribution in [0.3, 0.4) is 0 Å². The quantitative estimate of drug-likeness (QED) is 0.581. The fraction of sp³-hybridized carbons (Fsp3) is 1.00. The van der Waals surface area contributed by atoms with Gasteiger partial charge in [-0.1, -0.05) is 33.1 Å². The van der Waals surface area contributed by atoms with Crippen LogP contribution in [0.4, 0.5) is 0 Å². The zero-order chi connectivity index (χ0) is 8.60. The van der Waals surface area contributed by atoms with E-state index in [1.165, 1.54) is 32.1 Å². The molecule has 0 aromatic carbocycles. The molecule has 2 rings (SSSR count). The molecular weight excluding hydrogens is 144 g/mol. The van der Waals surface area contributed by atoms with Gasteiger partial charge in [-0.25, -0.2) is 0 Å². The van der Waals surface area contributed by atoms with Gasteiger partial charge in [0.25, 0.3) is 0 Å². The summed E-state index contributed by atoms with van der Waals surface area (Å²) in [4.78, 5) is 0. The molecule has 0 aromatic rings. The van der Waals surface area contributed by atoms with E-state index in [1.807, 2.05) is 0 Å². The van der Waals surface area contributed by atoms with Gasteiger partial charge in [0.15, 0.2) is 0 Å². The predicted molar refractivity (Wildman–Crippen MR) is 53.1 cm³/mol. The van der Waals surface area contributed by atoms with Crippen molar-refractivity contribution in [1.82, 2.24) is 0 Å². The van der Waals surface area contributed by atoms with Crippen molar-refractivity contribution < 1.29 is 0 Å². The van der Waals surface area contributed by atoms with Gasteiger partial charge in [0, 0.05) is 0 Å². The summed E-state index contributed by atoms with van der Waals surface area (Å²) in [5.74, 6) is 2.19. The van der Waals surface area contributed by atoms with E-state index in [0.717, 1.165) is 17.3 Å². The van der Waals surface area contributed by atoms with Crippen LogP contribution in [-0.4, -0.2) is 0 Å². The third-order valence-corrected chi connectivity index (χ3v) is 4.36. The normalized spacial score (nSPS) is 46.5. The zero-order valence-corrected chi connectivity index (χ0v) is 8.60. The van der Waals surface area contributed by atoms with Crippen LogP contribution in [0.5, 0.6) is 0 Å². The second-order valence-electron chi connectivity index (χ2n) is 5.34. The first-order chi connectivity index (χ1) is 5.74. The Labute approximate surface area is 76.7 Å². The molecular formula is C12H22. The van der Waals surface area contributed by atoms with Gasteiger partial charge in [0.05, 0.1) is 0 Å². The first kappa shape index (κ1) is 8.59. The van der Waals surface area contributed by atoms with Crippen molar-refractivity contribution in [3.63, 3.8) is 0 Å². The van der Waals surface area contributed by atoms with Crippen molar-refractivity contribution in [2.45, 2.75) is 58.8 Å². The van der Waals surface area contributed by atoms with Crippen molar-refractivity contribution in [3.05, 3.63) is 0 Å². The highest BCUT2D eigenvalue weighted by atomic mass is 14.5. The predicted octanol–water partition coefficient (Wildman–Crippen LogP) is 4.00. The molecule has 0 spiro atoms. The summed E-state index contributed by atoms with van der Waals surface area (Å²) < 4.78 is 0. The van der Waals surface area contributed by atoms with Gasteiger partial charge < -0.3 is 0 Å². The maximum absolute atomic E-state index is 2.54. The minimum atomic E-state index is 0.778. The monoisotopic (exact) mass is 166 g/mol. The number of hydrogen-bond donors (Lipinski definition) is 0. The molecule has 12 heavy (non-hydrogen) atoms. The average Bonchev–Trinajstić information content (AvgIpc) is 2.43. The highest BCUT2D eigenvalue weighted by Gasteiger charge is 2.45. The van der Waals surface area contributed by atoms with Crippen LogP contribution < -0.4 is 0 Å². The summed E-state index contributed by atoms with van der Waals surface area (Å²) in [5.41, 5.74) is 0.778. The molecule has 0 heterocycles. The van der Waals surface area contributed by atoms with Gasteiger partial charge in [-0.05, 0) is 42.9 Å². The van der Waals surface area contributed by atoms with Gasteiger partial charge >= 0.3 is 0 Å². The lowest BCUT2D eigenvalue weighted by Crippen LogP contribution is -2.13. The van der Waals surface area contributed by atoms with Crippen LogP contribution in [-0.2, 0) is 0 Å². The summed E-state index contributed by atoms with van der Waals surface area (Å²) in [5, 5.41) is 0. The lowest BCUT2D eigenvalue weighted by Gasteiger charge is -2.23. The SMILES string of the molecule is CCCC1CC2CCCC2(C)C1. The minimum absolute atomic E-state index is 0.778. The zero-order valence-electron chi connectivity index (χ0n) is 8.60. The van der Waals surface area contributed by atoms with E-state index < -0.39 is 0 Å². The van der Waals surface area contributed by atoms with Gasteiger partial charge in [0.1, 0.15) is 0 Å². The standard InChI is InChI=1S/C12H22/c1-3-5-10-8-11-6-4-7-12(11,2)9-10/h10-11H,3-9H2,1-2H3. The first-order valence-corrected chi connectivity index (χ1v) is 5.74. The van der Waals surface area contributed by atoms with E-state index in [9.17, 15) is 0 Å². The molecule has 0 amide bonds. The smallest absolute Gasteiger partial charge is 0.0295 e. The summed E-state index contributed by atoms with van der Waals surface area (Å²) in [7, 11) is 0. The Morgan fingerprint density at radius 3 is 2.92 bits per heavy atom. The molecule has 0 radical (unpaired) electrons. The number of fused-ring (bicyclic) bond motifs is 1. The largest absolute Gasteiger partial charge is 0.0654 e. The highest BCUT2D eigenvalue weighted by Crippen LogP contribution is 2.56. The highest BCUT2D eigenvalue weighted by molar-refractivity contribution is 4.96. The molecule has 70 valence electrons. The lowest BCUT2D eigenvalue weighted by atomic mass is 9.82. The van der Waals surface area contributed by atoms with Gasteiger partial charge in [0.2, 0.25) is 0 Å². The minimum Gasteiger partial charge on any atom is -0.0654 e. The van der Waals surface area contributed by atoms with Crippen LogP contribution >= 0.6 is 0 Å². The van der Waals surface area contributed by atoms with Crippen LogP contribution in [0.25, 0.3) is 0 Å². The molecule has 0 heteroatoms. The Kier molecular flexibility index (Phi) is 2.18. The van der Waals surface area contributed by atoms with Crippen LogP contribution in [0.1, 0.15) is 58.8 Å². The van der Waals surface area contributed by atoms with E-state index >= 15 is 0 Å². The lowest BCUT2D eigenvalue weighted by molar-refractivity contribution is 0.271. The second-order valence-corrected chi connectivity index (χ2v) is 5.34. The Balaban J connectivity index is 1.96. The Bertz CT molecular complexity index is 161. The molecule has 2 fully saturated rings. The molecule has 2 aliphatic carbocycles. The van der Waals surface area contributed by atoms with Crippen LogP contribution in [0.15, 0.2) is 0 Å². The Morgan fingerprint density at radius 1 is 1.42 bits per heavy atom. The number of rotatable bonds is 2. The number of hydrogen-bond acceptors (Lipinski definition) is 0. The average molecular weight is 166 g/mol. The van der Waals surface area contributed by atoms with E-state index in [1.54, 1.807) is 12.8 Å². The summed E-state index contributed by atoms with van der Waals surface area (Å²) in [6.45, 7) is 4.87. The van der Waals surface area contributed by atoms with Crippen LogP contribution in [0, 0.1) is 17.3 Å². The van der Waals surface area contributed by atoms with E-state index in [0.29, 0.717) is 0 Å². The maximum Gasteiger partial charge on any atom is -0.0295 e. The summed E-state index contributed by atoms with van der Waals surface area (Å²) in [6, 6.07) is 0. The third kappa shape index (κ3) is 1.30. The molecule has 3 unspecified atom stereocenters.